The van der Waals surface area contributed by atoms with Crippen molar-refractivity contribution in [3.8, 4) is 0 Å². The molecule has 0 amide bonds. The van der Waals surface area contributed by atoms with Crippen molar-refractivity contribution in [1.29, 1.82) is 0 Å². The van der Waals surface area contributed by atoms with Crippen molar-refractivity contribution in [3.63, 3.8) is 0 Å². The van der Waals surface area contributed by atoms with E-state index in [2.05, 4.69) is 49.9 Å². The van der Waals surface area contributed by atoms with Crippen LogP contribution in [0.5, 0.6) is 0 Å². The number of unbranched alkanes of at least 4 members (excludes halogenated alkanes) is 1. The third kappa shape index (κ3) is 4.21. The van der Waals surface area contributed by atoms with E-state index in [9.17, 15) is 4.79 Å². The van der Waals surface area contributed by atoms with E-state index in [1.807, 2.05) is 61.5 Å². The monoisotopic (exact) mass is 454 g/mol. The number of ether oxygens (including phenoxy) is 2. The number of carbonyl (C=O) groups excluding carboxylic acids is 1. The van der Waals surface area contributed by atoms with Crippen LogP contribution in [0.4, 0.5) is 0 Å². The topological polar surface area (TPSA) is 35.5 Å². The number of hydrogen-bond acceptors (Lipinski definition) is 3. The lowest BCUT2D eigenvalue weighted by molar-refractivity contribution is -0.149. The molecule has 1 aliphatic rings. The molecule has 0 bridgehead atoms. The molecule has 0 unspecified atom stereocenters. The maximum atomic E-state index is 13.3. The van der Waals surface area contributed by atoms with E-state index < -0.39 is 11.0 Å². The first-order valence-electron chi connectivity index (χ1n) is 12.2. The molecule has 0 N–H and O–H groups in total. The average Bonchev–Trinajstić information content (AvgIpc) is 3.21. The smallest absolute Gasteiger partial charge is 0.319 e. The highest BCUT2D eigenvalue weighted by Gasteiger charge is 2.54. The molecule has 0 saturated carbocycles. The van der Waals surface area contributed by atoms with Crippen LogP contribution in [0, 0.1) is 11.3 Å². The molecule has 2 atom stereocenters. The summed E-state index contributed by atoms with van der Waals surface area (Å²) in [4.78, 5) is 13.3. The molecule has 0 aromatic heterocycles. The molecule has 34 heavy (non-hydrogen) atoms. The number of hydrogen-bond donors (Lipinski definition) is 0. The van der Waals surface area contributed by atoms with Crippen LogP contribution in [-0.4, -0.2) is 19.2 Å². The Balaban J connectivity index is 1.86. The minimum absolute atomic E-state index is 0.0532. The molecular formula is C31H34O3. The average molecular weight is 455 g/mol. The molecule has 3 aromatic carbocycles. The van der Waals surface area contributed by atoms with Crippen molar-refractivity contribution in [2.24, 2.45) is 11.3 Å². The van der Waals surface area contributed by atoms with Crippen molar-refractivity contribution in [3.05, 3.63) is 120 Å². The Kier molecular flexibility index (Phi) is 7.33. The standard InChI is InChI=1S/C31H34O3/c1-4-5-15-28-22-33-29(32)30(28,24(2)3)23-34-31(25-16-9-6-10-17-25,26-18-11-7-12-19-26)27-20-13-8-14-21-27/h6-14,16-21,28H,2,4-5,15,22-23H2,1,3H3/t28-,30-/m1/s1. The molecule has 4 rings (SSSR count). The zero-order valence-electron chi connectivity index (χ0n) is 20.2. The molecule has 1 saturated heterocycles. The quantitative estimate of drug-likeness (QED) is 0.189. The molecule has 176 valence electrons. The van der Waals surface area contributed by atoms with Gasteiger partial charge in [-0.15, -0.1) is 0 Å². The Morgan fingerprint density at radius 3 is 1.82 bits per heavy atom. The van der Waals surface area contributed by atoms with Crippen molar-refractivity contribution < 1.29 is 14.3 Å². The number of cyclic esters (lactones) is 1. The Morgan fingerprint density at radius 2 is 1.41 bits per heavy atom. The molecule has 0 aliphatic carbocycles. The number of benzene rings is 3. The first-order chi connectivity index (χ1) is 16.6. The van der Waals surface area contributed by atoms with Crippen LogP contribution < -0.4 is 0 Å². The second kappa shape index (κ2) is 10.4. The van der Waals surface area contributed by atoms with E-state index in [1.54, 1.807) is 0 Å². The van der Waals surface area contributed by atoms with E-state index in [0.717, 1.165) is 41.5 Å². The van der Waals surface area contributed by atoms with Gasteiger partial charge >= 0.3 is 5.97 Å². The van der Waals surface area contributed by atoms with Gasteiger partial charge in [-0.3, -0.25) is 4.79 Å². The van der Waals surface area contributed by atoms with E-state index >= 15 is 0 Å². The lowest BCUT2D eigenvalue weighted by atomic mass is 9.70. The fraction of sp³-hybridized carbons (Fsp3) is 0.323. The Hall–Kier alpha value is -3.17. The maximum Gasteiger partial charge on any atom is 0.319 e. The second-order valence-electron chi connectivity index (χ2n) is 9.26. The van der Waals surface area contributed by atoms with Gasteiger partial charge in [0.05, 0.1) is 13.2 Å². The zero-order valence-corrected chi connectivity index (χ0v) is 20.2. The van der Waals surface area contributed by atoms with Crippen molar-refractivity contribution in [1.82, 2.24) is 0 Å². The van der Waals surface area contributed by atoms with Gasteiger partial charge in [0, 0.05) is 5.92 Å². The Morgan fingerprint density at radius 1 is 0.941 bits per heavy atom. The van der Waals surface area contributed by atoms with Crippen LogP contribution in [0.25, 0.3) is 0 Å². The predicted octanol–water partition coefficient (Wildman–Crippen LogP) is 6.92. The second-order valence-corrected chi connectivity index (χ2v) is 9.26. The molecule has 1 fully saturated rings. The highest BCUT2D eigenvalue weighted by Crippen LogP contribution is 2.48. The first kappa shape index (κ1) is 24.0. The van der Waals surface area contributed by atoms with Crippen LogP contribution in [0.1, 0.15) is 49.8 Å². The highest BCUT2D eigenvalue weighted by molar-refractivity contribution is 5.83. The zero-order chi connectivity index (χ0) is 24.0. The fourth-order valence-corrected chi connectivity index (χ4v) is 5.21. The van der Waals surface area contributed by atoms with Crippen LogP contribution in [0.2, 0.25) is 0 Å². The summed E-state index contributed by atoms with van der Waals surface area (Å²) in [5.41, 5.74) is 2.10. The van der Waals surface area contributed by atoms with Gasteiger partial charge in [0.15, 0.2) is 0 Å². The number of esters is 1. The van der Waals surface area contributed by atoms with Gasteiger partial charge in [-0.2, -0.15) is 0 Å². The van der Waals surface area contributed by atoms with Crippen molar-refractivity contribution >= 4 is 5.97 Å². The summed E-state index contributed by atoms with van der Waals surface area (Å²) in [5.74, 6) is -0.165. The van der Waals surface area contributed by atoms with Crippen molar-refractivity contribution in [2.75, 3.05) is 13.2 Å². The van der Waals surface area contributed by atoms with Gasteiger partial charge in [0.1, 0.15) is 11.0 Å². The third-order valence-electron chi connectivity index (χ3n) is 7.20. The van der Waals surface area contributed by atoms with Gasteiger partial charge in [-0.25, -0.2) is 0 Å². The van der Waals surface area contributed by atoms with E-state index in [4.69, 9.17) is 9.47 Å². The van der Waals surface area contributed by atoms with E-state index in [1.165, 1.54) is 0 Å². The molecule has 3 aromatic rings. The van der Waals surface area contributed by atoms with E-state index in [-0.39, 0.29) is 18.5 Å². The van der Waals surface area contributed by atoms with Crippen LogP contribution in [0.15, 0.2) is 103 Å². The lowest BCUT2D eigenvalue weighted by Crippen LogP contribution is -2.44. The summed E-state index contributed by atoms with van der Waals surface area (Å²) < 4.78 is 12.7. The molecule has 3 heteroatoms. The van der Waals surface area contributed by atoms with Crippen LogP contribution in [-0.2, 0) is 19.9 Å². The van der Waals surface area contributed by atoms with E-state index in [0.29, 0.717) is 6.61 Å². The minimum atomic E-state index is -0.885. The van der Waals surface area contributed by atoms with Gasteiger partial charge < -0.3 is 9.47 Å². The van der Waals surface area contributed by atoms with Gasteiger partial charge in [0.25, 0.3) is 0 Å². The molecule has 0 spiro atoms. The molecule has 1 heterocycles. The summed E-state index contributed by atoms with van der Waals surface area (Å²) in [6.07, 6.45) is 3.02. The maximum absolute atomic E-state index is 13.3. The SMILES string of the molecule is C=C(C)[C@@]1(COC(c2ccccc2)(c2ccccc2)c2ccccc2)C(=O)OC[C@H]1CCCC. The van der Waals surface area contributed by atoms with Gasteiger partial charge in [0.2, 0.25) is 0 Å². The van der Waals surface area contributed by atoms with Gasteiger partial charge in [-0.05, 0) is 30.0 Å². The first-order valence-corrected chi connectivity index (χ1v) is 12.2. The third-order valence-corrected chi connectivity index (χ3v) is 7.20. The molecule has 3 nitrogen and oxygen atoms in total. The summed E-state index contributed by atoms with van der Waals surface area (Å²) in [6, 6.07) is 30.8. The van der Waals surface area contributed by atoms with Crippen LogP contribution >= 0.6 is 0 Å². The number of carbonyl (C=O) groups is 1. The van der Waals surface area contributed by atoms with Crippen molar-refractivity contribution in [2.45, 2.75) is 38.7 Å². The largest absolute Gasteiger partial charge is 0.465 e. The van der Waals surface area contributed by atoms with Crippen LogP contribution in [0.3, 0.4) is 0 Å². The minimum Gasteiger partial charge on any atom is -0.465 e. The predicted molar refractivity (Wildman–Crippen MR) is 136 cm³/mol. The summed E-state index contributed by atoms with van der Waals surface area (Å²) >= 11 is 0. The summed E-state index contributed by atoms with van der Waals surface area (Å²) in [5, 5.41) is 0. The summed E-state index contributed by atoms with van der Waals surface area (Å²) in [7, 11) is 0. The lowest BCUT2D eigenvalue weighted by Gasteiger charge is -2.40. The Labute approximate surface area is 203 Å². The molecule has 0 radical (unpaired) electrons. The molecule has 1 aliphatic heterocycles. The molecular weight excluding hydrogens is 420 g/mol. The Bertz CT molecular complexity index is 995. The van der Waals surface area contributed by atoms with Gasteiger partial charge in [-0.1, -0.05) is 123 Å². The normalized spacial score (nSPS) is 20.2. The highest BCUT2D eigenvalue weighted by atomic mass is 16.5. The summed E-state index contributed by atoms with van der Waals surface area (Å²) in [6.45, 7) is 8.98. The fourth-order valence-electron chi connectivity index (χ4n) is 5.21. The number of rotatable bonds is 10.